The fourth-order valence-corrected chi connectivity index (χ4v) is 9.80. The predicted molar refractivity (Wildman–Crippen MR) is 221 cm³/mol. The molecule has 59 heavy (non-hydrogen) atoms. The van der Waals surface area contributed by atoms with Crippen LogP contribution in [-0.2, 0) is 16.1 Å². The Kier molecular flexibility index (Phi) is 10.6. The topological polar surface area (TPSA) is 169 Å². The third kappa shape index (κ3) is 7.67. The number of piperazine rings is 1. The first-order valence-electron chi connectivity index (χ1n) is 21.0. The number of piperidine rings is 2. The second-order valence-electron chi connectivity index (χ2n) is 16.6. The number of hydrogen-bond acceptors (Lipinski definition) is 11. The van der Waals surface area contributed by atoms with Crippen LogP contribution < -0.4 is 20.3 Å². The van der Waals surface area contributed by atoms with Crippen molar-refractivity contribution in [1.29, 1.82) is 5.26 Å². The summed E-state index contributed by atoms with van der Waals surface area (Å²) in [7, 11) is 0. The first kappa shape index (κ1) is 38.4. The van der Waals surface area contributed by atoms with Gasteiger partial charge < -0.3 is 25.2 Å². The number of carbonyl (C=O) groups excluding carboxylic acids is 4. The molecule has 6 heterocycles. The van der Waals surface area contributed by atoms with E-state index in [4.69, 9.17) is 10.5 Å². The number of aromatic nitrogens is 2. The van der Waals surface area contributed by atoms with E-state index < -0.39 is 11.9 Å². The highest BCUT2D eigenvalue weighted by molar-refractivity contribution is 6.06. The first-order valence-corrected chi connectivity index (χ1v) is 21.0. The molecule has 2 N–H and O–H groups in total. The number of fused-ring (bicyclic) bond motifs is 2. The lowest BCUT2D eigenvalue weighted by molar-refractivity contribution is -0.156. The number of ether oxygens (including phenoxy) is 1. The van der Waals surface area contributed by atoms with Gasteiger partial charge >= 0.3 is 0 Å². The summed E-state index contributed by atoms with van der Waals surface area (Å²) in [5.74, 6) is 1.14. The number of imide groups is 1. The van der Waals surface area contributed by atoms with Crippen LogP contribution >= 0.6 is 0 Å². The van der Waals surface area contributed by atoms with Gasteiger partial charge in [0.1, 0.15) is 23.7 Å². The Bertz CT molecular complexity index is 2300. The van der Waals surface area contributed by atoms with Crippen molar-refractivity contribution in [3.63, 3.8) is 0 Å². The fraction of sp³-hybridized carbons (Fsp3) is 0.444. The molecule has 9 rings (SSSR count). The Hall–Kier alpha value is -6.07. The summed E-state index contributed by atoms with van der Waals surface area (Å²) >= 11 is 0. The average Bonchev–Trinajstić information content (AvgIpc) is 3.59. The number of hydrogen-bond donors (Lipinski definition) is 1. The smallest absolute Gasteiger partial charge is 0.255 e. The van der Waals surface area contributed by atoms with Gasteiger partial charge in [-0.25, -0.2) is 4.98 Å². The maximum absolute atomic E-state index is 14.1. The molecular weight excluding hydrogens is 747 g/mol. The monoisotopic (exact) mass is 795 g/mol. The van der Waals surface area contributed by atoms with Gasteiger partial charge in [0.05, 0.1) is 22.7 Å². The quantitative estimate of drug-likeness (QED) is 0.237. The van der Waals surface area contributed by atoms with Crippen molar-refractivity contribution >= 4 is 46.0 Å². The molecule has 0 radical (unpaired) electrons. The average molecular weight is 796 g/mol. The van der Waals surface area contributed by atoms with Gasteiger partial charge in [-0.2, -0.15) is 5.26 Å². The van der Waals surface area contributed by atoms with Gasteiger partial charge in [0.25, 0.3) is 11.8 Å². The molecule has 4 amide bonds. The van der Waals surface area contributed by atoms with Crippen LogP contribution in [0.4, 0.5) is 11.5 Å². The molecular formula is C45H49N9O5. The van der Waals surface area contributed by atoms with Gasteiger partial charge in [0, 0.05) is 93.9 Å². The Labute approximate surface area is 343 Å². The molecule has 5 aliphatic rings. The van der Waals surface area contributed by atoms with Crippen molar-refractivity contribution in [1.82, 2.24) is 24.7 Å². The van der Waals surface area contributed by atoms with Crippen LogP contribution in [0.15, 0.2) is 67.0 Å². The molecule has 4 fully saturated rings. The van der Waals surface area contributed by atoms with E-state index in [9.17, 15) is 24.4 Å². The summed E-state index contributed by atoms with van der Waals surface area (Å²) in [5.41, 5.74) is 9.55. The molecule has 2 aromatic carbocycles. The number of nitrogens with two attached hydrogens (primary N) is 1. The molecule has 14 heteroatoms. The maximum atomic E-state index is 14.1. The maximum Gasteiger partial charge on any atom is 0.255 e. The molecule has 0 spiro atoms. The van der Waals surface area contributed by atoms with Crippen LogP contribution in [0.5, 0.6) is 5.75 Å². The van der Waals surface area contributed by atoms with Crippen LogP contribution in [0.1, 0.15) is 83.2 Å². The number of carbonyl (C=O) groups is 4. The lowest BCUT2D eigenvalue weighted by atomic mass is 9.89. The molecule has 1 atom stereocenters. The molecule has 2 aromatic heterocycles. The summed E-state index contributed by atoms with van der Waals surface area (Å²) in [6.45, 7) is 7.05. The second-order valence-corrected chi connectivity index (χ2v) is 16.6. The summed E-state index contributed by atoms with van der Waals surface area (Å²) in [6.07, 6.45) is 8.48. The molecule has 0 bridgehead atoms. The number of nitriles is 1. The Morgan fingerprint density at radius 2 is 1.66 bits per heavy atom. The van der Waals surface area contributed by atoms with Gasteiger partial charge in [0.15, 0.2) is 0 Å². The van der Waals surface area contributed by atoms with Crippen LogP contribution in [-0.4, -0.2) is 112 Å². The zero-order chi connectivity index (χ0) is 40.6. The van der Waals surface area contributed by atoms with Crippen molar-refractivity contribution in [3.05, 3.63) is 89.2 Å². The van der Waals surface area contributed by atoms with E-state index in [1.54, 1.807) is 29.4 Å². The Morgan fingerprint density at radius 3 is 2.39 bits per heavy atom. The molecule has 14 nitrogen and oxygen atoms in total. The van der Waals surface area contributed by atoms with Crippen molar-refractivity contribution in [2.24, 2.45) is 11.7 Å². The van der Waals surface area contributed by atoms with E-state index in [1.807, 2.05) is 36.4 Å². The molecule has 4 aliphatic heterocycles. The van der Waals surface area contributed by atoms with Crippen LogP contribution in [0.25, 0.3) is 10.9 Å². The molecule has 3 saturated heterocycles. The number of pyridine rings is 2. The van der Waals surface area contributed by atoms with Gasteiger partial charge in [-0.3, -0.25) is 34.0 Å². The standard InChI is InChI=1S/C45H49N9O5/c46-25-30-3-12-39(37-2-1-17-48-42(30)37)59-35-8-5-33(6-9-35)54-41(55)14-11-38(45(54)58)53-28-32-24-34(7-10-36(32)44(53)57)51-22-20-50(21-23-51)27-29-15-18-52(19-16-29)40-13-4-31(26-49-40)43(47)56/h1-4,7,10,12-13,17,24,26,29,33,35,38H,5-6,8-9,11,14-16,18-23,27-28H2,(H2,47,56)/t33?,35?,38-/m0/s1. The van der Waals surface area contributed by atoms with E-state index in [0.29, 0.717) is 72.5 Å². The number of nitrogens with zero attached hydrogens (tertiary/aromatic N) is 8. The molecule has 304 valence electrons. The largest absolute Gasteiger partial charge is 0.490 e. The van der Waals surface area contributed by atoms with E-state index in [1.165, 1.54) is 4.90 Å². The first-order chi connectivity index (χ1) is 28.7. The molecule has 1 saturated carbocycles. The van der Waals surface area contributed by atoms with Crippen molar-refractivity contribution < 1.29 is 23.9 Å². The van der Waals surface area contributed by atoms with Crippen LogP contribution in [0.2, 0.25) is 0 Å². The second kappa shape index (κ2) is 16.3. The van der Waals surface area contributed by atoms with E-state index in [0.717, 1.165) is 81.1 Å². The Morgan fingerprint density at radius 1 is 0.864 bits per heavy atom. The third-order valence-electron chi connectivity index (χ3n) is 13.1. The highest BCUT2D eigenvalue weighted by atomic mass is 16.5. The SMILES string of the molecule is N#Cc1ccc(OC2CCC(N3C(=O)CC[C@H](N4Cc5cc(N6CCN(CC7CCN(c8ccc(C(N)=O)cn8)CC7)CC6)ccc5C4=O)C3=O)CC2)c2cccnc12. The van der Waals surface area contributed by atoms with E-state index in [-0.39, 0.29) is 36.3 Å². The minimum Gasteiger partial charge on any atom is -0.490 e. The zero-order valence-electron chi connectivity index (χ0n) is 33.2. The molecule has 4 aromatic rings. The minimum atomic E-state index is -0.670. The van der Waals surface area contributed by atoms with E-state index in [2.05, 4.69) is 36.8 Å². The Balaban J connectivity index is 0.765. The van der Waals surface area contributed by atoms with Crippen molar-refractivity contribution in [2.75, 3.05) is 55.6 Å². The van der Waals surface area contributed by atoms with Crippen LogP contribution in [0, 0.1) is 17.2 Å². The highest BCUT2D eigenvalue weighted by Gasteiger charge is 2.45. The third-order valence-corrected chi connectivity index (χ3v) is 13.1. The summed E-state index contributed by atoms with van der Waals surface area (Å²) in [5, 5.41) is 10.3. The normalized spacial score (nSPS) is 23.1. The number of likely N-dealkylation sites (tertiary alicyclic amines) is 1. The highest BCUT2D eigenvalue weighted by Crippen LogP contribution is 2.36. The lowest BCUT2D eigenvalue weighted by Gasteiger charge is -2.41. The number of anilines is 2. The summed E-state index contributed by atoms with van der Waals surface area (Å²) in [6, 6.07) is 18.2. The van der Waals surface area contributed by atoms with Gasteiger partial charge in [-0.05, 0) is 111 Å². The van der Waals surface area contributed by atoms with Gasteiger partial charge in [-0.1, -0.05) is 0 Å². The summed E-state index contributed by atoms with van der Waals surface area (Å²) < 4.78 is 6.41. The zero-order valence-corrected chi connectivity index (χ0v) is 33.2. The van der Waals surface area contributed by atoms with Gasteiger partial charge in [0.2, 0.25) is 11.8 Å². The number of rotatable bonds is 9. The molecule has 0 unspecified atom stereocenters. The van der Waals surface area contributed by atoms with Gasteiger partial charge in [-0.15, -0.1) is 0 Å². The van der Waals surface area contributed by atoms with Crippen molar-refractivity contribution in [2.45, 2.75) is 76.1 Å². The number of benzene rings is 2. The predicted octanol–water partition coefficient (Wildman–Crippen LogP) is 4.50. The number of amides is 4. The van der Waals surface area contributed by atoms with Crippen LogP contribution in [0.3, 0.4) is 0 Å². The van der Waals surface area contributed by atoms with Crippen molar-refractivity contribution in [3.8, 4) is 11.8 Å². The summed E-state index contributed by atoms with van der Waals surface area (Å²) in [4.78, 5) is 71.8. The molecule has 1 aliphatic carbocycles. The minimum absolute atomic E-state index is 0.0931. The lowest BCUT2D eigenvalue weighted by Crippen LogP contribution is -2.58. The van der Waals surface area contributed by atoms with E-state index >= 15 is 0 Å². The fourth-order valence-electron chi connectivity index (χ4n) is 9.80. The number of primary amides is 1.